The number of methoxy groups -OCH3 is 1. The lowest BCUT2D eigenvalue weighted by molar-refractivity contribution is 0.408. The van der Waals surface area contributed by atoms with Crippen LogP contribution in [0, 0.1) is 0 Å². The molecule has 0 radical (unpaired) electrons. The van der Waals surface area contributed by atoms with Crippen LogP contribution in [-0.2, 0) is 12.8 Å². The molecule has 2 aromatic heterocycles. The highest BCUT2D eigenvalue weighted by molar-refractivity contribution is 7.18. The summed E-state index contributed by atoms with van der Waals surface area (Å²) in [6.07, 6.45) is 6.32. The molecule has 0 atom stereocenters. The number of hydrogen-bond acceptors (Lipinski definition) is 5. The quantitative estimate of drug-likeness (QED) is 0.720. The molecule has 0 saturated heterocycles. The number of aromatic nitrogens is 2. The van der Waals surface area contributed by atoms with Gasteiger partial charge < -0.3 is 9.47 Å². The molecule has 4 rings (SSSR count). The van der Waals surface area contributed by atoms with Gasteiger partial charge in [0.2, 0.25) is 5.88 Å². The number of aryl methyl sites for hydroxylation is 2. The summed E-state index contributed by atoms with van der Waals surface area (Å²) in [6.45, 7) is 0. The van der Waals surface area contributed by atoms with E-state index in [0.29, 0.717) is 5.88 Å². The molecule has 4 nitrogen and oxygen atoms in total. The van der Waals surface area contributed by atoms with E-state index in [1.165, 1.54) is 23.3 Å². The Kier molecular flexibility index (Phi) is 3.42. The maximum absolute atomic E-state index is 6.03. The summed E-state index contributed by atoms with van der Waals surface area (Å²) in [5.74, 6) is 2.16. The van der Waals surface area contributed by atoms with Gasteiger partial charge in [0.05, 0.1) is 12.5 Å². The Hall–Kier alpha value is -2.14. The van der Waals surface area contributed by atoms with E-state index in [4.69, 9.17) is 9.47 Å². The molecule has 3 aromatic rings. The summed E-state index contributed by atoms with van der Waals surface area (Å²) in [4.78, 5) is 11.3. The highest BCUT2D eigenvalue weighted by atomic mass is 32.1. The molecule has 1 aromatic carbocycles. The van der Waals surface area contributed by atoms with Crippen LogP contribution < -0.4 is 9.47 Å². The van der Waals surface area contributed by atoms with E-state index in [9.17, 15) is 0 Å². The van der Waals surface area contributed by atoms with Crippen LogP contribution in [0.2, 0.25) is 0 Å². The lowest BCUT2D eigenvalue weighted by atomic mass is 9.97. The minimum Gasteiger partial charge on any atom is -0.497 e. The van der Waals surface area contributed by atoms with Gasteiger partial charge >= 0.3 is 0 Å². The van der Waals surface area contributed by atoms with Gasteiger partial charge in [-0.25, -0.2) is 9.97 Å². The molecule has 1 aliphatic rings. The van der Waals surface area contributed by atoms with Gasteiger partial charge in [-0.3, -0.25) is 0 Å². The topological polar surface area (TPSA) is 44.2 Å². The fraction of sp³-hybridized carbons (Fsp3) is 0.294. The summed E-state index contributed by atoms with van der Waals surface area (Å²) < 4.78 is 11.3. The third kappa shape index (κ3) is 2.31. The van der Waals surface area contributed by atoms with Gasteiger partial charge in [0.1, 0.15) is 22.7 Å². The van der Waals surface area contributed by atoms with Crippen LogP contribution in [0.15, 0.2) is 30.6 Å². The van der Waals surface area contributed by atoms with Crippen molar-refractivity contribution in [2.45, 2.75) is 25.7 Å². The van der Waals surface area contributed by atoms with Crippen molar-refractivity contribution in [3.63, 3.8) is 0 Å². The first kappa shape index (κ1) is 13.5. The third-order valence-electron chi connectivity index (χ3n) is 3.97. The number of rotatable bonds is 3. The first-order valence-electron chi connectivity index (χ1n) is 7.42. The Morgan fingerprint density at radius 2 is 1.95 bits per heavy atom. The monoisotopic (exact) mass is 312 g/mol. The molecule has 0 fully saturated rings. The zero-order valence-corrected chi connectivity index (χ0v) is 13.2. The predicted octanol–water partition coefficient (Wildman–Crippen LogP) is 4.37. The van der Waals surface area contributed by atoms with E-state index in [1.807, 2.05) is 24.3 Å². The van der Waals surface area contributed by atoms with Gasteiger partial charge in [-0.05, 0) is 43.4 Å². The fourth-order valence-electron chi connectivity index (χ4n) is 2.91. The lowest BCUT2D eigenvalue weighted by Gasteiger charge is -2.12. The molecule has 0 N–H and O–H groups in total. The van der Waals surface area contributed by atoms with E-state index in [1.54, 1.807) is 24.8 Å². The van der Waals surface area contributed by atoms with Crippen LogP contribution in [-0.4, -0.2) is 17.1 Å². The molecular weight excluding hydrogens is 296 g/mol. The average Bonchev–Trinajstić information content (AvgIpc) is 2.94. The molecule has 0 saturated carbocycles. The average molecular weight is 312 g/mol. The van der Waals surface area contributed by atoms with E-state index in [0.717, 1.165) is 34.6 Å². The third-order valence-corrected chi connectivity index (χ3v) is 5.17. The molecule has 0 aliphatic heterocycles. The molecule has 0 bridgehead atoms. The zero-order chi connectivity index (χ0) is 14.9. The van der Waals surface area contributed by atoms with Gasteiger partial charge in [0, 0.05) is 10.9 Å². The molecule has 5 heteroatoms. The molecule has 0 spiro atoms. The van der Waals surface area contributed by atoms with Gasteiger partial charge in [0.15, 0.2) is 0 Å². The summed E-state index contributed by atoms with van der Waals surface area (Å²) in [5.41, 5.74) is 1.38. The van der Waals surface area contributed by atoms with Crippen molar-refractivity contribution in [1.29, 1.82) is 0 Å². The second kappa shape index (κ2) is 5.57. The van der Waals surface area contributed by atoms with Gasteiger partial charge in [-0.1, -0.05) is 6.07 Å². The minimum atomic E-state index is 0.651. The molecule has 112 valence electrons. The van der Waals surface area contributed by atoms with Crippen LogP contribution in [0.5, 0.6) is 17.4 Å². The summed E-state index contributed by atoms with van der Waals surface area (Å²) >= 11 is 1.78. The van der Waals surface area contributed by atoms with Crippen molar-refractivity contribution in [2.75, 3.05) is 7.11 Å². The number of hydrogen-bond donors (Lipinski definition) is 0. The molecule has 22 heavy (non-hydrogen) atoms. The highest BCUT2D eigenvalue weighted by Gasteiger charge is 2.20. The van der Waals surface area contributed by atoms with Gasteiger partial charge in [-0.2, -0.15) is 0 Å². The van der Waals surface area contributed by atoms with Gasteiger partial charge in [0.25, 0.3) is 0 Å². The maximum Gasteiger partial charge on any atom is 0.231 e. The van der Waals surface area contributed by atoms with Crippen LogP contribution in [0.1, 0.15) is 23.3 Å². The first-order chi connectivity index (χ1) is 10.8. The second-order valence-electron chi connectivity index (χ2n) is 5.35. The van der Waals surface area contributed by atoms with Crippen molar-refractivity contribution in [3.8, 4) is 17.4 Å². The van der Waals surface area contributed by atoms with E-state index >= 15 is 0 Å². The SMILES string of the molecule is COc1cccc(Oc2ncnc3sc4c(c23)CCCC4)c1. The summed E-state index contributed by atoms with van der Waals surface area (Å²) in [5, 5.41) is 1.09. The van der Waals surface area contributed by atoms with Crippen LogP contribution in [0.4, 0.5) is 0 Å². The summed E-state index contributed by atoms with van der Waals surface area (Å²) in [6, 6.07) is 7.59. The Morgan fingerprint density at radius 1 is 1.09 bits per heavy atom. The Labute approximate surface area is 132 Å². The highest BCUT2D eigenvalue weighted by Crippen LogP contribution is 2.40. The van der Waals surface area contributed by atoms with Crippen molar-refractivity contribution in [1.82, 2.24) is 9.97 Å². The fourth-order valence-corrected chi connectivity index (χ4v) is 4.13. The van der Waals surface area contributed by atoms with Crippen molar-refractivity contribution < 1.29 is 9.47 Å². The lowest BCUT2D eigenvalue weighted by Crippen LogP contribution is -1.99. The second-order valence-corrected chi connectivity index (χ2v) is 6.43. The molecule has 0 amide bonds. The van der Waals surface area contributed by atoms with Gasteiger partial charge in [-0.15, -0.1) is 11.3 Å². The number of thiophene rings is 1. The number of benzene rings is 1. The Bertz CT molecular complexity index is 829. The van der Waals surface area contributed by atoms with E-state index < -0.39 is 0 Å². The normalized spacial score (nSPS) is 13.9. The van der Waals surface area contributed by atoms with E-state index in [2.05, 4.69) is 9.97 Å². The smallest absolute Gasteiger partial charge is 0.231 e. The van der Waals surface area contributed by atoms with E-state index in [-0.39, 0.29) is 0 Å². The maximum atomic E-state index is 6.03. The largest absolute Gasteiger partial charge is 0.497 e. The molecule has 1 aliphatic carbocycles. The minimum absolute atomic E-state index is 0.651. The molecule has 0 unspecified atom stereocenters. The van der Waals surface area contributed by atoms with Crippen LogP contribution in [0.25, 0.3) is 10.2 Å². The molecule has 2 heterocycles. The standard InChI is InChI=1S/C17H16N2O2S/c1-20-11-5-4-6-12(9-11)21-16-15-13-7-2-3-8-14(13)22-17(15)19-10-18-16/h4-6,9-10H,2-3,7-8H2,1H3. The summed E-state index contributed by atoms with van der Waals surface area (Å²) in [7, 11) is 1.65. The van der Waals surface area contributed by atoms with Crippen LogP contribution in [0.3, 0.4) is 0 Å². The Morgan fingerprint density at radius 3 is 2.86 bits per heavy atom. The number of fused-ring (bicyclic) bond motifs is 3. The van der Waals surface area contributed by atoms with Crippen molar-refractivity contribution >= 4 is 21.6 Å². The van der Waals surface area contributed by atoms with Crippen LogP contribution >= 0.6 is 11.3 Å². The molecular formula is C17H16N2O2S. The number of nitrogens with zero attached hydrogens (tertiary/aromatic N) is 2. The Balaban J connectivity index is 1.79. The number of ether oxygens (including phenoxy) is 2. The van der Waals surface area contributed by atoms with Crippen molar-refractivity contribution in [3.05, 3.63) is 41.0 Å². The first-order valence-corrected chi connectivity index (χ1v) is 8.24. The predicted molar refractivity (Wildman–Crippen MR) is 87.1 cm³/mol. The van der Waals surface area contributed by atoms with Crippen molar-refractivity contribution in [2.24, 2.45) is 0 Å². The zero-order valence-electron chi connectivity index (χ0n) is 12.3.